The summed E-state index contributed by atoms with van der Waals surface area (Å²) in [4.78, 5) is 4.05. The van der Waals surface area contributed by atoms with Crippen molar-refractivity contribution in [1.82, 2.24) is 10.2 Å². The number of hydrogen-bond donors (Lipinski definition) is 1. The fourth-order valence-electron chi connectivity index (χ4n) is 1.75. The summed E-state index contributed by atoms with van der Waals surface area (Å²) in [6.07, 6.45) is -4.83. The molecular weight excluding hydrogens is 285 g/mol. The van der Waals surface area contributed by atoms with Gasteiger partial charge in [-0.25, -0.2) is 0 Å². The highest BCUT2D eigenvalue weighted by Gasteiger charge is 2.27. The smallest absolute Gasteiger partial charge is 0.312 e. The molecule has 0 aromatic carbocycles. The number of nitrogens with zero attached hydrogens (tertiary/aromatic N) is 1. The van der Waals surface area contributed by atoms with Gasteiger partial charge in [-0.1, -0.05) is 13.8 Å². The average molecular weight is 308 g/mol. The quantitative estimate of drug-likeness (QED) is 0.784. The molecule has 0 saturated heterocycles. The summed E-state index contributed by atoms with van der Waals surface area (Å²) < 4.78 is 36.4. The van der Waals surface area contributed by atoms with Gasteiger partial charge in [-0.05, 0) is 31.6 Å². The number of halogens is 3. The van der Waals surface area contributed by atoms with Crippen molar-refractivity contribution >= 4 is 11.3 Å². The van der Waals surface area contributed by atoms with E-state index in [1.54, 1.807) is 23.3 Å². The highest BCUT2D eigenvalue weighted by Crippen LogP contribution is 2.21. The summed E-state index contributed by atoms with van der Waals surface area (Å²) >= 11 is 1.66. The van der Waals surface area contributed by atoms with Crippen molar-refractivity contribution in [1.29, 1.82) is 0 Å². The van der Waals surface area contributed by atoms with Gasteiger partial charge in [0, 0.05) is 29.4 Å². The van der Waals surface area contributed by atoms with Crippen LogP contribution in [0.5, 0.6) is 0 Å². The van der Waals surface area contributed by atoms with Crippen LogP contribution in [0.4, 0.5) is 13.2 Å². The summed E-state index contributed by atoms with van der Waals surface area (Å²) in [7, 11) is 1.72. The Morgan fingerprint density at radius 3 is 2.50 bits per heavy atom. The van der Waals surface area contributed by atoms with E-state index < -0.39 is 12.6 Å². The topological polar surface area (TPSA) is 15.3 Å². The first-order chi connectivity index (χ1) is 9.26. The second-order valence-corrected chi connectivity index (χ2v) is 6.75. The molecule has 0 aliphatic carbocycles. The number of rotatable bonds is 8. The van der Waals surface area contributed by atoms with Crippen LogP contribution in [0.25, 0.3) is 0 Å². The number of alkyl halides is 3. The van der Waals surface area contributed by atoms with Gasteiger partial charge in [0.05, 0.1) is 6.42 Å². The number of hydrogen-bond acceptors (Lipinski definition) is 3. The molecule has 116 valence electrons. The van der Waals surface area contributed by atoms with E-state index in [1.807, 2.05) is 12.1 Å². The van der Waals surface area contributed by atoms with Crippen molar-refractivity contribution in [2.45, 2.75) is 39.5 Å². The Labute approximate surface area is 123 Å². The Hall–Kier alpha value is -0.590. The third kappa shape index (κ3) is 7.87. The fourth-order valence-corrected chi connectivity index (χ4v) is 2.82. The van der Waals surface area contributed by atoms with Crippen LogP contribution in [-0.4, -0.2) is 31.2 Å². The molecule has 0 saturated carbocycles. The molecule has 0 aliphatic rings. The monoisotopic (exact) mass is 308 g/mol. The van der Waals surface area contributed by atoms with Gasteiger partial charge in [-0.15, -0.1) is 11.3 Å². The lowest BCUT2D eigenvalue weighted by Crippen LogP contribution is -2.23. The van der Waals surface area contributed by atoms with Gasteiger partial charge in [-0.2, -0.15) is 13.2 Å². The second-order valence-electron chi connectivity index (χ2n) is 5.50. The molecule has 1 heterocycles. The van der Waals surface area contributed by atoms with Gasteiger partial charge in [0.1, 0.15) is 0 Å². The van der Waals surface area contributed by atoms with Crippen LogP contribution in [0.2, 0.25) is 0 Å². The van der Waals surface area contributed by atoms with E-state index in [4.69, 9.17) is 0 Å². The van der Waals surface area contributed by atoms with E-state index in [2.05, 4.69) is 19.2 Å². The van der Waals surface area contributed by atoms with E-state index in [-0.39, 0.29) is 6.54 Å². The molecule has 0 atom stereocenters. The Balaban J connectivity index is 2.32. The lowest BCUT2D eigenvalue weighted by molar-refractivity contribution is -0.137. The van der Waals surface area contributed by atoms with Gasteiger partial charge in [-0.3, -0.25) is 0 Å². The number of thiophene rings is 1. The van der Waals surface area contributed by atoms with Crippen molar-refractivity contribution in [2.24, 2.45) is 5.92 Å². The third-order valence-corrected chi connectivity index (χ3v) is 3.84. The van der Waals surface area contributed by atoms with Crippen molar-refractivity contribution in [3.05, 3.63) is 21.9 Å². The minimum Gasteiger partial charge on any atom is -0.312 e. The lowest BCUT2D eigenvalue weighted by atomic mass is 10.2. The van der Waals surface area contributed by atoms with Gasteiger partial charge in [0.2, 0.25) is 0 Å². The van der Waals surface area contributed by atoms with Crippen LogP contribution in [0, 0.1) is 5.92 Å². The molecule has 0 amide bonds. The van der Waals surface area contributed by atoms with Crippen LogP contribution < -0.4 is 5.32 Å². The minimum atomic E-state index is -4.07. The number of nitrogens with one attached hydrogen (secondary N) is 1. The maximum Gasteiger partial charge on any atom is 0.390 e. The maximum absolute atomic E-state index is 12.1. The molecule has 1 aromatic heterocycles. The van der Waals surface area contributed by atoms with Crippen LogP contribution in [-0.2, 0) is 13.1 Å². The molecular formula is C14H23F3N2S. The van der Waals surface area contributed by atoms with E-state index >= 15 is 0 Å². The largest absolute Gasteiger partial charge is 0.390 e. The van der Waals surface area contributed by atoms with Crippen LogP contribution in [0.15, 0.2) is 12.1 Å². The zero-order valence-corrected chi connectivity index (χ0v) is 13.1. The SMILES string of the molecule is CC(C)CNCc1ccc(CN(C)CCC(F)(F)F)s1. The maximum atomic E-state index is 12.1. The molecule has 1 aromatic rings. The third-order valence-electron chi connectivity index (χ3n) is 2.77. The lowest BCUT2D eigenvalue weighted by Gasteiger charge is -2.16. The first-order valence-electron chi connectivity index (χ1n) is 6.80. The molecule has 0 bridgehead atoms. The predicted molar refractivity (Wildman–Crippen MR) is 77.9 cm³/mol. The van der Waals surface area contributed by atoms with E-state index in [9.17, 15) is 13.2 Å². The summed E-state index contributed by atoms with van der Waals surface area (Å²) in [6.45, 7) is 6.73. The summed E-state index contributed by atoms with van der Waals surface area (Å²) in [6, 6.07) is 4.05. The van der Waals surface area contributed by atoms with Crippen LogP contribution in [0.3, 0.4) is 0 Å². The fraction of sp³-hybridized carbons (Fsp3) is 0.714. The van der Waals surface area contributed by atoms with Gasteiger partial charge < -0.3 is 10.2 Å². The highest BCUT2D eigenvalue weighted by atomic mass is 32.1. The zero-order chi connectivity index (χ0) is 15.2. The molecule has 0 spiro atoms. The molecule has 20 heavy (non-hydrogen) atoms. The summed E-state index contributed by atoms with van der Waals surface area (Å²) in [5.74, 6) is 0.614. The van der Waals surface area contributed by atoms with Crippen molar-refractivity contribution in [2.75, 3.05) is 20.1 Å². The van der Waals surface area contributed by atoms with Crippen molar-refractivity contribution in [3.63, 3.8) is 0 Å². The van der Waals surface area contributed by atoms with E-state index in [0.29, 0.717) is 12.5 Å². The Morgan fingerprint density at radius 2 is 1.90 bits per heavy atom. The Morgan fingerprint density at radius 1 is 1.25 bits per heavy atom. The molecule has 1 rings (SSSR count). The predicted octanol–water partition coefficient (Wildman–Crippen LogP) is 3.88. The highest BCUT2D eigenvalue weighted by molar-refractivity contribution is 7.11. The summed E-state index contributed by atoms with van der Waals surface area (Å²) in [5.41, 5.74) is 0. The van der Waals surface area contributed by atoms with E-state index in [0.717, 1.165) is 18.0 Å². The Bertz CT molecular complexity index is 388. The zero-order valence-electron chi connectivity index (χ0n) is 12.3. The van der Waals surface area contributed by atoms with Gasteiger partial charge in [0.25, 0.3) is 0 Å². The molecule has 0 unspecified atom stereocenters. The van der Waals surface area contributed by atoms with Crippen molar-refractivity contribution < 1.29 is 13.2 Å². The normalized spacial score (nSPS) is 12.6. The average Bonchev–Trinajstić information content (AvgIpc) is 2.73. The summed E-state index contributed by atoms with van der Waals surface area (Å²) in [5, 5.41) is 3.36. The first kappa shape index (κ1) is 17.5. The van der Waals surface area contributed by atoms with E-state index in [1.165, 1.54) is 4.88 Å². The molecule has 0 aliphatic heterocycles. The van der Waals surface area contributed by atoms with Crippen LogP contribution >= 0.6 is 11.3 Å². The molecule has 6 heteroatoms. The molecule has 2 nitrogen and oxygen atoms in total. The Kier molecular flexibility index (Phi) is 6.99. The minimum absolute atomic E-state index is 0.0440. The second kappa shape index (κ2) is 8.00. The standard InChI is InChI=1S/C14H23F3N2S/c1-11(2)8-18-9-12-4-5-13(20-12)10-19(3)7-6-14(15,16)17/h4-5,11,18H,6-10H2,1-3H3. The van der Waals surface area contributed by atoms with Gasteiger partial charge >= 0.3 is 6.18 Å². The first-order valence-corrected chi connectivity index (χ1v) is 7.61. The molecule has 0 fully saturated rings. The van der Waals surface area contributed by atoms with Gasteiger partial charge in [0.15, 0.2) is 0 Å². The molecule has 1 N–H and O–H groups in total. The van der Waals surface area contributed by atoms with Crippen LogP contribution in [0.1, 0.15) is 30.0 Å². The molecule has 0 radical (unpaired) electrons. The van der Waals surface area contributed by atoms with Crippen molar-refractivity contribution in [3.8, 4) is 0 Å².